The van der Waals surface area contributed by atoms with Gasteiger partial charge >= 0.3 is 0 Å². The summed E-state index contributed by atoms with van der Waals surface area (Å²) in [7, 11) is 0. The fraction of sp³-hybridized carbons (Fsp3) is 0.714. The first-order chi connectivity index (χ1) is 9.17. The highest BCUT2D eigenvalue weighted by atomic mass is 35.5. The maximum absolute atomic E-state index is 12.4. The molecule has 1 aromatic heterocycles. The van der Waals surface area contributed by atoms with Crippen molar-refractivity contribution >= 4 is 18.3 Å². The number of piperazine rings is 1. The maximum atomic E-state index is 12.4. The number of aromatic nitrogens is 1. The van der Waals surface area contributed by atoms with Crippen molar-refractivity contribution < 1.29 is 9.32 Å². The van der Waals surface area contributed by atoms with E-state index in [-0.39, 0.29) is 24.4 Å². The normalized spacial score (nSPS) is 18.8. The Hall–Kier alpha value is -1.07. The fourth-order valence-electron chi connectivity index (χ4n) is 2.60. The molecule has 0 radical (unpaired) electrons. The molecular formula is C14H24ClN3O2. The monoisotopic (exact) mass is 301 g/mol. The summed E-state index contributed by atoms with van der Waals surface area (Å²) < 4.78 is 5.32. The molecule has 114 valence electrons. The molecule has 1 aliphatic rings. The SMILES string of the molecule is CCc1noc(CC)c1CC(=O)N1CCNCC1C.Cl. The van der Waals surface area contributed by atoms with Gasteiger partial charge in [-0.3, -0.25) is 4.79 Å². The van der Waals surface area contributed by atoms with Gasteiger partial charge in [0.25, 0.3) is 0 Å². The number of nitrogens with one attached hydrogen (secondary N) is 1. The minimum atomic E-state index is 0. The van der Waals surface area contributed by atoms with Crippen molar-refractivity contribution in [3.8, 4) is 0 Å². The topological polar surface area (TPSA) is 58.4 Å². The number of hydrogen-bond acceptors (Lipinski definition) is 4. The summed E-state index contributed by atoms with van der Waals surface area (Å²) in [6.45, 7) is 8.69. The molecule has 1 unspecified atom stereocenters. The van der Waals surface area contributed by atoms with Gasteiger partial charge in [-0.15, -0.1) is 12.4 Å². The van der Waals surface area contributed by atoms with Crippen molar-refractivity contribution in [2.24, 2.45) is 0 Å². The number of rotatable bonds is 4. The van der Waals surface area contributed by atoms with E-state index in [1.165, 1.54) is 0 Å². The summed E-state index contributed by atoms with van der Waals surface area (Å²) in [6.07, 6.45) is 2.01. The Morgan fingerprint density at radius 1 is 1.45 bits per heavy atom. The Morgan fingerprint density at radius 2 is 2.20 bits per heavy atom. The van der Waals surface area contributed by atoms with Crippen LogP contribution in [0.2, 0.25) is 0 Å². The lowest BCUT2D eigenvalue weighted by molar-refractivity contribution is -0.133. The second kappa shape index (κ2) is 7.64. The number of hydrogen-bond donors (Lipinski definition) is 1. The van der Waals surface area contributed by atoms with Gasteiger partial charge in [0.15, 0.2) is 0 Å². The molecule has 2 rings (SSSR count). The lowest BCUT2D eigenvalue weighted by atomic mass is 10.0. The highest BCUT2D eigenvalue weighted by molar-refractivity contribution is 5.85. The summed E-state index contributed by atoms with van der Waals surface area (Å²) in [5.41, 5.74) is 1.92. The van der Waals surface area contributed by atoms with Crippen molar-refractivity contribution in [2.45, 2.75) is 46.1 Å². The number of aryl methyl sites for hydroxylation is 2. The second-order valence-electron chi connectivity index (χ2n) is 5.06. The van der Waals surface area contributed by atoms with Crippen LogP contribution >= 0.6 is 12.4 Å². The molecular weight excluding hydrogens is 278 g/mol. The lowest BCUT2D eigenvalue weighted by Gasteiger charge is -2.34. The largest absolute Gasteiger partial charge is 0.361 e. The molecule has 6 heteroatoms. The van der Waals surface area contributed by atoms with Gasteiger partial charge in [0.1, 0.15) is 5.76 Å². The van der Waals surface area contributed by atoms with Crippen LogP contribution in [0.15, 0.2) is 4.52 Å². The molecule has 1 N–H and O–H groups in total. The Labute approximate surface area is 126 Å². The molecule has 1 saturated heterocycles. The third kappa shape index (κ3) is 3.52. The minimum absolute atomic E-state index is 0. The van der Waals surface area contributed by atoms with Crippen LogP contribution in [-0.4, -0.2) is 41.6 Å². The van der Waals surface area contributed by atoms with Gasteiger partial charge in [0, 0.05) is 37.7 Å². The van der Waals surface area contributed by atoms with Crippen LogP contribution in [0.5, 0.6) is 0 Å². The predicted octanol–water partition coefficient (Wildman–Crippen LogP) is 1.58. The average molecular weight is 302 g/mol. The Morgan fingerprint density at radius 3 is 2.80 bits per heavy atom. The van der Waals surface area contributed by atoms with Crippen molar-refractivity contribution in [1.82, 2.24) is 15.4 Å². The van der Waals surface area contributed by atoms with E-state index in [0.29, 0.717) is 6.42 Å². The van der Waals surface area contributed by atoms with Crippen LogP contribution < -0.4 is 5.32 Å². The second-order valence-corrected chi connectivity index (χ2v) is 5.06. The van der Waals surface area contributed by atoms with Crippen molar-refractivity contribution in [3.63, 3.8) is 0 Å². The minimum Gasteiger partial charge on any atom is -0.361 e. The van der Waals surface area contributed by atoms with Gasteiger partial charge in [0.05, 0.1) is 12.1 Å². The molecule has 1 atom stereocenters. The number of halogens is 1. The standard InChI is InChI=1S/C14H23N3O2.ClH/c1-4-12-11(13(5-2)19-16-12)8-14(18)17-7-6-15-9-10(17)3;/h10,15H,4-9H2,1-3H3;1H. The molecule has 1 fully saturated rings. The first-order valence-electron chi connectivity index (χ1n) is 7.13. The summed E-state index contributed by atoms with van der Waals surface area (Å²) in [5, 5.41) is 7.36. The number of carbonyl (C=O) groups excluding carboxylic acids is 1. The van der Waals surface area contributed by atoms with E-state index in [2.05, 4.69) is 17.4 Å². The van der Waals surface area contributed by atoms with E-state index >= 15 is 0 Å². The van der Waals surface area contributed by atoms with Crippen LogP contribution in [0.3, 0.4) is 0 Å². The summed E-state index contributed by atoms with van der Waals surface area (Å²) in [6, 6.07) is 0.260. The molecule has 0 aromatic carbocycles. The van der Waals surface area contributed by atoms with E-state index < -0.39 is 0 Å². The highest BCUT2D eigenvalue weighted by Crippen LogP contribution is 2.18. The Kier molecular flexibility index (Phi) is 6.49. The third-order valence-corrected chi connectivity index (χ3v) is 3.76. The van der Waals surface area contributed by atoms with Crippen LogP contribution in [0.1, 0.15) is 37.8 Å². The van der Waals surface area contributed by atoms with E-state index in [1.807, 2.05) is 18.7 Å². The van der Waals surface area contributed by atoms with Crippen LogP contribution in [-0.2, 0) is 24.1 Å². The third-order valence-electron chi connectivity index (χ3n) is 3.76. The number of nitrogens with zero attached hydrogens (tertiary/aromatic N) is 2. The molecule has 0 saturated carbocycles. The zero-order valence-electron chi connectivity index (χ0n) is 12.4. The predicted molar refractivity (Wildman–Crippen MR) is 80.3 cm³/mol. The first-order valence-corrected chi connectivity index (χ1v) is 7.13. The molecule has 20 heavy (non-hydrogen) atoms. The average Bonchev–Trinajstić information content (AvgIpc) is 2.81. The van der Waals surface area contributed by atoms with Gasteiger partial charge in [-0.1, -0.05) is 19.0 Å². The zero-order chi connectivity index (χ0) is 13.8. The smallest absolute Gasteiger partial charge is 0.227 e. The van der Waals surface area contributed by atoms with Crippen molar-refractivity contribution in [2.75, 3.05) is 19.6 Å². The van der Waals surface area contributed by atoms with E-state index in [1.54, 1.807) is 0 Å². The quantitative estimate of drug-likeness (QED) is 0.917. The molecule has 2 heterocycles. The van der Waals surface area contributed by atoms with E-state index in [0.717, 1.165) is 49.5 Å². The van der Waals surface area contributed by atoms with Crippen LogP contribution in [0.4, 0.5) is 0 Å². The number of amides is 1. The Balaban J connectivity index is 0.00000200. The number of carbonyl (C=O) groups is 1. The lowest BCUT2D eigenvalue weighted by Crippen LogP contribution is -2.52. The Bertz CT molecular complexity index is 426. The highest BCUT2D eigenvalue weighted by Gasteiger charge is 2.25. The van der Waals surface area contributed by atoms with Crippen molar-refractivity contribution in [1.29, 1.82) is 0 Å². The van der Waals surface area contributed by atoms with E-state index in [9.17, 15) is 4.79 Å². The van der Waals surface area contributed by atoms with Gasteiger partial charge in [-0.25, -0.2) is 0 Å². The van der Waals surface area contributed by atoms with Gasteiger partial charge in [0.2, 0.25) is 5.91 Å². The molecule has 1 amide bonds. The molecule has 1 aliphatic heterocycles. The molecule has 5 nitrogen and oxygen atoms in total. The molecule has 0 bridgehead atoms. The van der Waals surface area contributed by atoms with Gasteiger partial charge < -0.3 is 14.7 Å². The maximum Gasteiger partial charge on any atom is 0.227 e. The van der Waals surface area contributed by atoms with Gasteiger partial charge in [-0.2, -0.15) is 0 Å². The molecule has 0 spiro atoms. The van der Waals surface area contributed by atoms with Crippen molar-refractivity contribution in [3.05, 3.63) is 17.0 Å². The van der Waals surface area contributed by atoms with E-state index in [4.69, 9.17) is 4.52 Å². The summed E-state index contributed by atoms with van der Waals surface area (Å²) >= 11 is 0. The van der Waals surface area contributed by atoms with Gasteiger partial charge in [-0.05, 0) is 13.3 Å². The van der Waals surface area contributed by atoms with Crippen LogP contribution in [0, 0.1) is 0 Å². The zero-order valence-corrected chi connectivity index (χ0v) is 13.3. The summed E-state index contributed by atoms with van der Waals surface area (Å²) in [4.78, 5) is 14.4. The van der Waals surface area contributed by atoms with Crippen LogP contribution in [0.25, 0.3) is 0 Å². The summed E-state index contributed by atoms with van der Waals surface area (Å²) in [5.74, 6) is 1.04. The molecule has 0 aliphatic carbocycles. The molecule has 1 aromatic rings. The first kappa shape index (κ1) is 17.0. The fourth-order valence-corrected chi connectivity index (χ4v) is 2.60.